The maximum absolute atomic E-state index is 11.7. The number of ether oxygens (including phenoxy) is 1. The van der Waals surface area contributed by atoms with Crippen molar-refractivity contribution in [3.8, 4) is 0 Å². The molecule has 6 nitrogen and oxygen atoms in total. The highest BCUT2D eigenvalue weighted by molar-refractivity contribution is 14.0. The number of hydrogen-bond acceptors (Lipinski definition) is 4. The van der Waals surface area contributed by atoms with Crippen molar-refractivity contribution >= 4 is 39.8 Å². The lowest BCUT2D eigenvalue weighted by atomic mass is 9.98. The molecule has 0 amide bonds. The lowest BCUT2D eigenvalue weighted by Gasteiger charge is -2.22. The first-order valence-corrected chi connectivity index (χ1v) is 12.2. The quantitative estimate of drug-likeness (QED) is 0.217. The number of halogens is 1. The van der Waals surface area contributed by atoms with E-state index in [0.29, 0.717) is 17.5 Å². The summed E-state index contributed by atoms with van der Waals surface area (Å²) in [5, 5.41) is 6.59. The second-order valence-electron chi connectivity index (χ2n) is 7.48. The standard InChI is InChI=1S/C21H35N3O3S.HI/c1-4-22-21(23-13-8-14-27-19-9-6-5-7-10-19)24-16-18-11-12-20(17(2)15-18)28(3,25)26;/h11-12,15,19H,4-10,13-14,16H2,1-3H3,(H2,22,23,24);1H. The van der Waals surface area contributed by atoms with Crippen molar-refractivity contribution in [2.45, 2.75) is 69.9 Å². The summed E-state index contributed by atoms with van der Waals surface area (Å²) < 4.78 is 29.4. The lowest BCUT2D eigenvalue weighted by Crippen LogP contribution is -2.38. The Kier molecular flexibility index (Phi) is 12.1. The van der Waals surface area contributed by atoms with Gasteiger partial charge in [0.2, 0.25) is 0 Å². The van der Waals surface area contributed by atoms with Crippen LogP contribution in [0.15, 0.2) is 28.1 Å². The van der Waals surface area contributed by atoms with Crippen LogP contribution in [-0.4, -0.2) is 46.4 Å². The van der Waals surface area contributed by atoms with E-state index < -0.39 is 9.84 Å². The van der Waals surface area contributed by atoms with E-state index in [4.69, 9.17) is 4.74 Å². The molecule has 1 saturated carbocycles. The van der Waals surface area contributed by atoms with E-state index in [9.17, 15) is 8.42 Å². The van der Waals surface area contributed by atoms with Crippen molar-refractivity contribution in [3.63, 3.8) is 0 Å². The number of sulfone groups is 1. The first-order valence-electron chi connectivity index (χ1n) is 10.3. The van der Waals surface area contributed by atoms with Crippen LogP contribution >= 0.6 is 24.0 Å². The summed E-state index contributed by atoms with van der Waals surface area (Å²) in [6.45, 7) is 6.73. The van der Waals surface area contributed by atoms with E-state index in [1.54, 1.807) is 6.07 Å². The number of benzene rings is 1. The molecule has 1 fully saturated rings. The highest BCUT2D eigenvalue weighted by Gasteiger charge is 2.13. The minimum absolute atomic E-state index is 0. The van der Waals surface area contributed by atoms with Crippen LogP contribution in [0.5, 0.6) is 0 Å². The minimum Gasteiger partial charge on any atom is -0.378 e. The monoisotopic (exact) mass is 537 g/mol. The molecule has 29 heavy (non-hydrogen) atoms. The molecule has 0 aliphatic heterocycles. The Morgan fingerprint density at radius 3 is 2.55 bits per heavy atom. The largest absolute Gasteiger partial charge is 0.378 e. The molecule has 0 saturated heterocycles. The van der Waals surface area contributed by atoms with Gasteiger partial charge in [-0.2, -0.15) is 0 Å². The van der Waals surface area contributed by atoms with Gasteiger partial charge in [-0.3, -0.25) is 0 Å². The summed E-state index contributed by atoms with van der Waals surface area (Å²) in [6.07, 6.45) is 8.98. The fourth-order valence-electron chi connectivity index (χ4n) is 3.50. The fourth-order valence-corrected chi connectivity index (χ4v) is 4.46. The average Bonchev–Trinajstić information content (AvgIpc) is 2.65. The van der Waals surface area contributed by atoms with Crippen molar-refractivity contribution in [2.24, 2.45) is 4.99 Å². The third kappa shape index (κ3) is 9.65. The van der Waals surface area contributed by atoms with Crippen LogP contribution in [0.4, 0.5) is 0 Å². The normalized spacial score (nSPS) is 15.6. The minimum atomic E-state index is -3.19. The molecule has 0 atom stereocenters. The van der Waals surface area contributed by atoms with Crippen LogP contribution in [0.1, 0.15) is 56.6 Å². The molecule has 166 valence electrons. The third-order valence-corrected chi connectivity index (χ3v) is 6.18. The van der Waals surface area contributed by atoms with Crippen LogP contribution in [-0.2, 0) is 21.1 Å². The maximum atomic E-state index is 11.7. The second kappa shape index (κ2) is 13.4. The zero-order valence-electron chi connectivity index (χ0n) is 17.9. The number of rotatable bonds is 9. The van der Waals surface area contributed by atoms with Gasteiger partial charge in [-0.1, -0.05) is 31.4 Å². The Balaban J connectivity index is 0.00000420. The average molecular weight is 538 g/mol. The van der Waals surface area contributed by atoms with Crippen LogP contribution < -0.4 is 10.6 Å². The van der Waals surface area contributed by atoms with Crippen LogP contribution in [0.3, 0.4) is 0 Å². The number of aryl methyl sites for hydroxylation is 1. The zero-order valence-corrected chi connectivity index (χ0v) is 21.0. The molecular formula is C21H36IN3O3S. The molecule has 0 radical (unpaired) electrons. The van der Waals surface area contributed by atoms with E-state index in [1.807, 2.05) is 26.0 Å². The smallest absolute Gasteiger partial charge is 0.191 e. The Hall–Kier alpha value is -0.870. The van der Waals surface area contributed by atoms with Crippen molar-refractivity contribution in [2.75, 3.05) is 26.0 Å². The number of guanidine groups is 1. The van der Waals surface area contributed by atoms with Gasteiger partial charge in [0.1, 0.15) is 0 Å². The molecular weight excluding hydrogens is 501 g/mol. The van der Waals surface area contributed by atoms with Crippen molar-refractivity contribution in [3.05, 3.63) is 29.3 Å². The number of nitrogens with one attached hydrogen (secondary N) is 2. The second-order valence-corrected chi connectivity index (χ2v) is 9.46. The van der Waals surface area contributed by atoms with Crippen molar-refractivity contribution < 1.29 is 13.2 Å². The molecule has 8 heteroatoms. The third-order valence-electron chi connectivity index (χ3n) is 4.92. The van der Waals surface area contributed by atoms with Crippen molar-refractivity contribution in [1.82, 2.24) is 10.6 Å². The van der Waals surface area contributed by atoms with Crippen LogP contribution in [0, 0.1) is 6.92 Å². The number of hydrogen-bond donors (Lipinski definition) is 2. The van der Waals surface area contributed by atoms with E-state index in [-0.39, 0.29) is 24.0 Å². The van der Waals surface area contributed by atoms with Gasteiger partial charge >= 0.3 is 0 Å². The van der Waals surface area contributed by atoms with Gasteiger partial charge in [0.15, 0.2) is 15.8 Å². The number of aliphatic imine (C=N–C) groups is 1. The summed E-state index contributed by atoms with van der Waals surface area (Å²) in [5.74, 6) is 0.769. The predicted molar refractivity (Wildman–Crippen MR) is 130 cm³/mol. The van der Waals surface area contributed by atoms with Gasteiger partial charge in [0, 0.05) is 26.0 Å². The Morgan fingerprint density at radius 1 is 1.21 bits per heavy atom. The van der Waals surface area contributed by atoms with Gasteiger partial charge < -0.3 is 15.4 Å². The molecule has 0 aromatic heterocycles. The summed E-state index contributed by atoms with van der Waals surface area (Å²) in [7, 11) is -3.19. The van der Waals surface area contributed by atoms with Crippen LogP contribution in [0.25, 0.3) is 0 Å². The SMILES string of the molecule is CCNC(=NCc1ccc(S(C)(=O)=O)c(C)c1)NCCCOC1CCCCC1.I. The Labute approximate surface area is 193 Å². The summed E-state index contributed by atoms with van der Waals surface area (Å²) in [5.41, 5.74) is 1.75. The molecule has 1 aromatic rings. The zero-order chi connectivity index (χ0) is 20.4. The molecule has 2 rings (SSSR count). The molecule has 2 N–H and O–H groups in total. The van der Waals surface area contributed by atoms with Gasteiger partial charge in [0.05, 0.1) is 17.5 Å². The van der Waals surface area contributed by atoms with Gasteiger partial charge in [-0.15, -0.1) is 24.0 Å². The van der Waals surface area contributed by atoms with Gasteiger partial charge in [-0.05, 0) is 50.3 Å². The number of nitrogens with zero attached hydrogens (tertiary/aromatic N) is 1. The lowest BCUT2D eigenvalue weighted by molar-refractivity contribution is 0.0277. The van der Waals surface area contributed by atoms with E-state index in [0.717, 1.165) is 43.2 Å². The van der Waals surface area contributed by atoms with Crippen LogP contribution in [0.2, 0.25) is 0 Å². The molecule has 0 bridgehead atoms. The van der Waals surface area contributed by atoms with E-state index >= 15 is 0 Å². The molecule has 0 spiro atoms. The highest BCUT2D eigenvalue weighted by atomic mass is 127. The topological polar surface area (TPSA) is 79.8 Å². The van der Waals surface area contributed by atoms with E-state index in [1.165, 1.54) is 38.4 Å². The van der Waals surface area contributed by atoms with E-state index in [2.05, 4.69) is 15.6 Å². The maximum Gasteiger partial charge on any atom is 0.191 e. The van der Waals surface area contributed by atoms with Gasteiger partial charge in [0.25, 0.3) is 0 Å². The summed E-state index contributed by atoms with van der Waals surface area (Å²) in [4.78, 5) is 4.99. The molecule has 1 aliphatic carbocycles. The Bertz CT molecular complexity index is 748. The highest BCUT2D eigenvalue weighted by Crippen LogP contribution is 2.20. The summed E-state index contributed by atoms with van der Waals surface area (Å²) >= 11 is 0. The molecule has 1 aromatic carbocycles. The molecule has 0 heterocycles. The fraction of sp³-hybridized carbons (Fsp3) is 0.667. The van der Waals surface area contributed by atoms with Gasteiger partial charge in [-0.25, -0.2) is 13.4 Å². The summed E-state index contributed by atoms with van der Waals surface area (Å²) in [6, 6.07) is 5.38. The predicted octanol–water partition coefficient (Wildman–Crippen LogP) is 3.81. The van der Waals surface area contributed by atoms with Crippen molar-refractivity contribution in [1.29, 1.82) is 0 Å². The first-order chi connectivity index (χ1) is 13.4. The first kappa shape index (κ1) is 26.2. The molecule has 0 unspecified atom stereocenters. The Morgan fingerprint density at radius 2 is 1.93 bits per heavy atom. The molecule has 1 aliphatic rings.